The fourth-order valence-electron chi connectivity index (χ4n) is 1.70. The van der Waals surface area contributed by atoms with E-state index in [1.165, 1.54) is 0 Å². The van der Waals surface area contributed by atoms with Gasteiger partial charge < -0.3 is 20.4 Å². The molecule has 1 aliphatic rings. The van der Waals surface area contributed by atoms with Crippen molar-refractivity contribution < 1.29 is 19.8 Å². The van der Waals surface area contributed by atoms with Gasteiger partial charge in [0.05, 0.1) is 0 Å². The number of urea groups is 1. The molecule has 6 heteroatoms. The van der Waals surface area contributed by atoms with Crippen molar-refractivity contribution in [3.63, 3.8) is 0 Å². The molecule has 2 amide bonds. The average molecular weight is 244 g/mol. The first-order chi connectivity index (χ1) is 8.10. The van der Waals surface area contributed by atoms with Crippen LogP contribution in [0.4, 0.5) is 4.79 Å². The van der Waals surface area contributed by atoms with Gasteiger partial charge in [-0.25, -0.2) is 9.59 Å². The van der Waals surface area contributed by atoms with Crippen molar-refractivity contribution in [2.75, 3.05) is 13.2 Å². The molecule has 0 aromatic rings. The minimum absolute atomic E-state index is 0.0334. The van der Waals surface area contributed by atoms with E-state index in [1.54, 1.807) is 4.90 Å². The van der Waals surface area contributed by atoms with Crippen LogP contribution in [0.3, 0.4) is 0 Å². The number of carboxylic acids is 1. The normalized spacial score (nSPS) is 16.4. The molecular formula is C11H20N2O4. The largest absolute Gasteiger partial charge is 0.480 e. The molecular weight excluding hydrogens is 224 g/mol. The van der Waals surface area contributed by atoms with E-state index in [4.69, 9.17) is 10.2 Å². The van der Waals surface area contributed by atoms with Crippen molar-refractivity contribution in [3.05, 3.63) is 0 Å². The zero-order valence-electron chi connectivity index (χ0n) is 10.1. The van der Waals surface area contributed by atoms with Crippen LogP contribution >= 0.6 is 0 Å². The van der Waals surface area contributed by atoms with Crippen LogP contribution in [0.25, 0.3) is 0 Å². The van der Waals surface area contributed by atoms with Crippen molar-refractivity contribution in [2.45, 2.75) is 44.7 Å². The summed E-state index contributed by atoms with van der Waals surface area (Å²) in [4.78, 5) is 24.4. The third kappa shape index (κ3) is 4.22. The minimum Gasteiger partial charge on any atom is -0.480 e. The molecule has 17 heavy (non-hydrogen) atoms. The molecule has 0 saturated heterocycles. The molecule has 1 aliphatic carbocycles. The molecule has 0 unspecified atom stereocenters. The summed E-state index contributed by atoms with van der Waals surface area (Å²) in [6.45, 7) is 2.36. The first-order valence-corrected chi connectivity index (χ1v) is 6.01. The number of carboxylic acid groups (broad SMARTS) is 1. The van der Waals surface area contributed by atoms with Crippen LogP contribution in [-0.2, 0) is 4.79 Å². The molecule has 98 valence electrons. The molecule has 1 atom stereocenters. The van der Waals surface area contributed by atoms with E-state index in [9.17, 15) is 9.59 Å². The van der Waals surface area contributed by atoms with Crippen LogP contribution in [0.2, 0.25) is 0 Å². The quantitative estimate of drug-likeness (QED) is 0.605. The predicted molar refractivity (Wildman–Crippen MR) is 61.7 cm³/mol. The van der Waals surface area contributed by atoms with Crippen LogP contribution in [-0.4, -0.2) is 52.3 Å². The highest BCUT2D eigenvalue weighted by Crippen LogP contribution is 2.26. The first kappa shape index (κ1) is 13.8. The molecule has 0 heterocycles. The number of aliphatic hydroxyl groups is 1. The smallest absolute Gasteiger partial charge is 0.326 e. The molecule has 1 rings (SSSR count). The van der Waals surface area contributed by atoms with Gasteiger partial charge in [-0.2, -0.15) is 0 Å². The molecule has 0 radical (unpaired) electrons. The van der Waals surface area contributed by atoms with E-state index in [-0.39, 0.29) is 25.1 Å². The molecule has 1 saturated carbocycles. The Kier molecular flexibility index (Phi) is 5.21. The number of nitrogens with zero attached hydrogens (tertiary/aromatic N) is 1. The second kappa shape index (κ2) is 6.44. The summed E-state index contributed by atoms with van der Waals surface area (Å²) in [5.74, 6) is -1.11. The second-order valence-corrected chi connectivity index (χ2v) is 4.28. The number of hydrogen-bond acceptors (Lipinski definition) is 3. The van der Waals surface area contributed by atoms with Crippen LogP contribution in [0, 0.1) is 0 Å². The van der Waals surface area contributed by atoms with Crippen LogP contribution in [0.1, 0.15) is 32.6 Å². The Morgan fingerprint density at radius 3 is 2.53 bits per heavy atom. The van der Waals surface area contributed by atoms with Crippen LogP contribution < -0.4 is 5.32 Å². The highest BCUT2D eigenvalue weighted by Gasteiger charge is 2.33. The summed E-state index contributed by atoms with van der Waals surface area (Å²) in [5, 5.41) is 20.1. The van der Waals surface area contributed by atoms with Crippen LogP contribution in [0.5, 0.6) is 0 Å². The molecule has 1 fully saturated rings. The summed E-state index contributed by atoms with van der Waals surface area (Å²) in [7, 11) is 0. The molecule has 6 nitrogen and oxygen atoms in total. The monoisotopic (exact) mass is 244 g/mol. The molecule has 0 bridgehead atoms. The zero-order valence-corrected chi connectivity index (χ0v) is 10.1. The maximum absolute atomic E-state index is 11.9. The number of carbonyl (C=O) groups is 2. The van der Waals surface area contributed by atoms with Gasteiger partial charge in [0.25, 0.3) is 0 Å². The Morgan fingerprint density at radius 2 is 2.12 bits per heavy atom. The molecule has 0 aromatic carbocycles. The van der Waals surface area contributed by atoms with Crippen molar-refractivity contribution >= 4 is 12.0 Å². The van der Waals surface area contributed by atoms with Crippen molar-refractivity contribution in [2.24, 2.45) is 0 Å². The van der Waals surface area contributed by atoms with E-state index < -0.39 is 12.0 Å². The maximum Gasteiger partial charge on any atom is 0.326 e. The zero-order chi connectivity index (χ0) is 12.8. The Labute approximate surface area is 101 Å². The summed E-state index contributed by atoms with van der Waals surface area (Å²) in [5.41, 5.74) is 0. The Balaban J connectivity index is 2.51. The SMILES string of the molecule is CCCN(C(=O)N[C@@H](CCO)C(=O)O)C1CC1. The summed E-state index contributed by atoms with van der Waals surface area (Å²) < 4.78 is 0. The van der Waals surface area contributed by atoms with Gasteiger partial charge in [-0.1, -0.05) is 6.92 Å². The number of rotatable bonds is 7. The lowest BCUT2D eigenvalue weighted by atomic mass is 10.2. The van der Waals surface area contributed by atoms with Gasteiger partial charge in [-0.3, -0.25) is 0 Å². The van der Waals surface area contributed by atoms with Gasteiger partial charge in [0.1, 0.15) is 6.04 Å². The third-order valence-corrected chi connectivity index (χ3v) is 2.73. The average Bonchev–Trinajstić information content (AvgIpc) is 3.08. The second-order valence-electron chi connectivity index (χ2n) is 4.28. The lowest BCUT2D eigenvalue weighted by Crippen LogP contribution is -2.49. The highest BCUT2D eigenvalue weighted by molar-refractivity contribution is 5.82. The van der Waals surface area contributed by atoms with Gasteiger partial charge >= 0.3 is 12.0 Å². The molecule has 3 N–H and O–H groups in total. The van der Waals surface area contributed by atoms with Gasteiger partial charge in [-0.15, -0.1) is 0 Å². The van der Waals surface area contributed by atoms with Gasteiger partial charge in [0.2, 0.25) is 0 Å². The van der Waals surface area contributed by atoms with E-state index in [0.29, 0.717) is 6.54 Å². The standard InChI is InChI=1S/C11H20N2O4/c1-2-6-13(8-3-4-8)11(17)12-9(5-7-14)10(15)16/h8-9,14H,2-7H2,1H3,(H,12,17)(H,15,16)/t9-/m0/s1. The van der Waals surface area contributed by atoms with E-state index >= 15 is 0 Å². The molecule has 0 aromatic heterocycles. The summed E-state index contributed by atoms with van der Waals surface area (Å²) in [6, 6.07) is -1.08. The lowest BCUT2D eigenvalue weighted by molar-refractivity contribution is -0.139. The number of hydrogen-bond donors (Lipinski definition) is 3. The predicted octanol–water partition coefficient (Wildman–Crippen LogP) is 0.406. The topological polar surface area (TPSA) is 89.9 Å². The first-order valence-electron chi connectivity index (χ1n) is 6.01. The number of aliphatic carboxylic acids is 1. The van der Waals surface area contributed by atoms with E-state index in [1.807, 2.05) is 6.92 Å². The summed E-state index contributed by atoms with van der Waals surface area (Å²) >= 11 is 0. The highest BCUT2D eigenvalue weighted by atomic mass is 16.4. The number of amides is 2. The Hall–Kier alpha value is -1.30. The minimum atomic E-state index is -1.11. The van der Waals surface area contributed by atoms with Crippen molar-refractivity contribution in [3.8, 4) is 0 Å². The maximum atomic E-state index is 11.9. The third-order valence-electron chi connectivity index (χ3n) is 2.73. The Morgan fingerprint density at radius 1 is 1.47 bits per heavy atom. The van der Waals surface area contributed by atoms with Crippen LogP contribution in [0.15, 0.2) is 0 Å². The number of nitrogens with one attached hydrogen (secondary N) is 1. The number of carbonyl (C=O) groups excluding carboxylic acids is 1. The Bertz CT molecular complexity index is 279. The van der Waals surface area contributed by atoms with Gasteiger partial charge in [-0.05, 0) is 19.3 Å². The number of aliphatic hydroxyl groups excluding tert-OH is 1. The molecule has 0 spiro atoms. The van der Waals surface area contributed by atoms with E-state index in [0.717, 1.165) is 19.3 Å². The van der Waals surface area contributed by atoms with Gasteiger partial charge in [0.15, 0.2) is 0 Å². The van der Waals surface area contributed by atoms with Gasteiger partial charge in [0, 0.05) is 25.6 Å². The van der Waals surface area contributed by atoms with E-state index in [2.05, 4.69) is 5.32 Å². The molecule has 0 aliphatic heterocycles. The summed E-state index contributed by atoms with van der Waals surface area (Å²) in [6.07, 6.45) is 2.86. The van der Waals surface area contributed by atoms with Crippen molar-refractivity contribution in [1.29, 1.82) is 0 Å². The fourth-order valence-corrected chi connectivity index (χ4v) is 1.70. The van der Waals surface area contributed by atoms with Crippen molar-refractivity contribution in [1.82, 2.24) is 10.2 Å². The lowest BCUT2D eigenvalue weighted by Gasteiger charge is -2.24. The fraction of sp³-hybridized carbons (Fsp3) is 0.818.